The fourth-order valence-electron chi connectivity index (χ4n) is 1.81. The van der Waals surface area contributed by atoms with Crippen molar-refractivity contribution in [2.24, 2.45) is 5.10 Å². The molecule has 6 nitrogen and oxygen atoms in total. The van der Waals surface area contributed by atoms with Gasteiger partial charge in [0.05, 0.1) is 12.0 Å². The van der Waals surface area contributed by atoms with E-state index in [2.05, 4.69) is 15.5 Å². The fourth-order valence-corrected chi connectivity index (χ4v) is 2.44. The van der Waals surface area contributed by atoms with Gasteiger partial charge in [0.2, 0.25) is 0 Å². The first kappa shape index (κ1) is 15.1. The van der Waals surface area contributed by atoms with Gasteiger partial charge < -0.3 is 9.52 Å². The number of hydrogen-bond acceptors (Lipinski definition) is 6. The van der Waals surface area contributed by atoms with Crippen LogP contribution in [0.1, 0.15) is 5.56 Å². The molecule has 2 aromatic carbocycles. The number of rotatable bonds is 5. The lowest BCUT2D eigenvalue weighted by Gasteiger charge is -1.97. The minimum Gasteiger partial charge on any atom is -0.508 e. The number of para-hydroxylation sites is 2. The number of carbonyl (C=O) groups is 1. The molecule has 2 N–H and O–H groups in total. The molecule has 1 amide bonds. The summed E-state index contributed by atoms with van der Waals surface area (Å²) in [6, 6.07) is 13.9. The molecule has 0 saturated heterocycles. The number of nitrogens with one attached hydrogen (secondary N) is 1. The number of nitrogens with zero attached hydrogens (tertiary/aromatic N) is 2. The number of aromatic hydroxyl groups is 1. The zero-order chi connectivity index (χ0) is 16.1. The molecule has 0 unspecified atom stereocenters. The first-order valence-corrected chi connectivity index (χ1v) is 7.78. The first-order chi connectivity index (χ1) is 11.2. The SMILES string of the molecule is O=C(CSc1nc2ccccc2o1)NN=Cc1ccc(O)cc1. The molecular weight excluding hydrogens is 314 g/mol. The average Bonchev–Trinajstić information content (AvgIpc) is 2.98. The Kier molecular flexibility index (Phi) is 4.58. The standard InChI is InChI=1S/C16H13N3O3S/c20-12-7-5-11(6-8-12)9-17-19-15(21)10-23-16-18-13-3-1-2-4-14(13)22-16/h1-9,20H,10H2,(H,19,21). The van der Waals surface area contributed by atoms with Crippen LogP contribution in [0.3, 0.4) is 0 Å². The van der Waals surface area contributed by atoms with Gasteiger partial charge in [0.1, 0.15) is 11.3 Å². The van der Waals surface area contributed by atoms with Crippen molar-refractivity contribution in [2.75, 3.05) is 5.75 Å². The van der Waals surface area contributed by atoms with E-state index in [1.54, 1.807) is 24.3 Å². The minimum absolute atomic E-state index is 0.153. The highest BCUT2D eigenvalue weighted by atomic mass is 32.2. The number of carbonyl (C=O) groups excluding carboxylic acids is 1. The van der Waals surface area contributed by atoms with Crippen molar-refractivity contribution in [3.05, 3.63) is 54.1 Å². The third kappa shape index (κ3) is 4.10. The Morgan fingerprint density at radius 2 is 2.04 bits per heavy atom. The molecule has 0 atom stereocenters. The van der Waals surface area contributed by atoms with Crippen LogP contribution in [0, 0.1) is 0 Å². The van der Waals surface area contributed by atoms with Crippen molar-refractivity contribution in [1.29, 1.82) is 0 Å². The van der Waals surface area contributed by atoms with Gasteiger partial charge in [-0.15, -0.1) is 0 Å². The molecule has 7 heteroatoms. The van der Waals surface area contributed by atoms with Crippen LogP contribution >= 0.6 is 11.8 Å². The van der Waals surface area contributed by atoms with Gasteiger partial charge in [0.25, 0.3) is 11.1 Å². The van der Waals surface area contributed by atoms with Gasteiger partial charge in [-0.25, -0.2) is 10.4 Å². The van der Waals surface area contributed by atoms with E-state index in [1.165, 1.54) is 18.0 Å². The van der Waals surface area contributed by atoms with Crippen LogP contribution in [-0.2, 0) is 4.79 Å². The monoisotopic (exact) mass is 327 g/mol. The zero-order valence-corrected chi connectivity index (χ0v) is 12.8. The van der Waals surface area contributed by atoms with E-state index in [-0.39, 0.29) is 17.4 Å². The summed E-state index contributed by atoms with van der Waals surface area (Å²) in [6.07, 6.45) is 1.50. The molecule has 0 radical (unpaired) electrons. The maximum Gasteiger partial charge on any atom is 0.257 e. The molecule has 0 aliphatic carbocycles. The van der Waals surface area contributed by atoms with Crippen LogP contribution in [0.15, 0.2) is 63.3 Å². The second-order valence-electron chi connectivity index (χ2n) is 4.62. The average molecular weight is 327 g/mol. The number of phenols is 1. The number of thioether (sulfide) groups is 1. The van der Waals surface area contributed by atoms with Crippen LogP contribution in [-0.4, -0.2) is 28.0 Å². The van der Waals surface area contributed by atoms with Crippen LogP contribution in [0.5, 0.6) is 5.75 Å². The summed E-state index contributed by atoms with van der Waals surface area (Å²) < 4.78 is 5.51. The Balaban J connectivity index is 1.50. The summed E-state index contributed by atoms with van der Waals surface area (Å²) in [7, 11) is 0. The van der Waals surface area contributed by atoms with E-state index in [1.807, 2.05) is 24.3 Å². The fraction of sp³-hybridized carbons (Fsp3) is 0.0625. The predicted octanol–water partition coefficient (Wildman–Crippen LogP) is 2.78. The van der Waals surface area contributed by atoms with E-state index in [9.17, 15) is 4.79 Å². The van der Waals surface area contributed by atoms with Gasteiger partial charge in [-0.3, -0.25) is 4.79 Å². The minimum atomic E-state index is -0.257. The zero-order valence-electron chi connectivity index (χ0n) is 12.0. The number of phenolic OH excluding ortho intramolecular Hbond substituents is 1. The van der Waals surface area contributed by atoms with E-state index in [0.717, 1.165) is 11.1 Å². The molecule has 116 valence electrons. The molecule has 1 aromatic heterocycles. The summed E-state index contributed by atoms with van der Waals surface area (Å²) in [5, 5.41) is 13.5. The van der Waals surface area contributed by atoms with Crippen LogP contribution < -0.4 is 5.43 Å². The van der Waals surface area contributed by atoms with Gasteiger partial charge in [-0.2, -0.15) is 5.10 Å². The Morgan fingerprint density at radius 1 is 1.26 bits per heavy atom. The quantitative estimate of drug-likeness (QED) is 0.427. The van der Waals surface area contributed by atoms with E-state index in [4.69, 9.17) is 9.52 Å². The Labute approximate surface area is 136 Å². The Hall–Kier alpha value is -2.80. The van der Waals surface area contributed by atoms with Crippen molar-refractivity contribution < 1.29 is 14.3 Å². The van der Waals surface area contributed by atoms with Gasteiger partial charge in [0.15, 0.2) is 5.58 Å². The van der Waals surface area contributed by atoms with Gasteiger partial charge in [-0.1, -0.05) is 23.9 Å². The van der Waals surface area contributed by atoms with Gasteiger partial charge >= 0.3 is 0 Å². The van der Waals surface area contributed by atoms with E-state index < -0.39 is 0 Å². The summed E-state index contributed by atoms with van der Waals surface area (Å²) in [5.41, 5.74) is 4.66. The van der Waals surface area contributed by atoms with Crippen molar-refractivity contribution in [3.8, 4) is 5.75 Å². The molecule has 0 fully saturated rings. The predicted molar refractivity (Wildman–Crippen MR) is 88.6 cm³/mol. The molecule has 3 aromatic rings. The lowest BCUT2D eigenvalue weighted by atomic mass is 10.2. The summed E-state index contributed by atoms with van der Waals surface area (Å²) in [6.45, 7) is 0. The number of benzene rings is 2. The van der Waals surface area contributed by atoms with Crippen LogP contribution in [0.25, 0.3) is 11.1 Å². The van der Waals surface area contributed by atoms with Crippen molar-refractivity contribution >= 4 is 35.0 Å². The smallest absolute Gasteiger partial charge is 0.257 e. The summed E-state index contributed by atoms with van der Waals surface area (Å²) >= 11 is 1.21. The maximum atomic E-state index is 11.7. The molecule has 0 aliphatic rings. The number of amides is 1. The molecule has 0 spiro atoms. The molecule has 3 rings (SSSR count). The van der Waals surface area contributed by atoms with E-state index >= 15 is 0 Å². The second kappa shape index (κ2) is 6.97. The normalized spacial score (nSPS) is 11.1. The van der Waals surface area contributed by atoms with Crippen LogP contribution in [0.2, 0.25) is 0 Å². The third-order valence-corrected chi connectivity index (χ3v) is 3.73. The van der Waals surface area contributed by atoms with Crippen molar-refractivity contribution in [3.63, 3.8) is 0 Å². The summed E-state index contributed by atoms with van der Waals surface area (Å²) in [4.78, 5) is 16.0. The molecular formula is C16H13N3O3S. The lowest BCUT2D eigenvalue weighted by Crippen LogP contribution is -2.19. The van der Waals surface area contributed by atoms with Gasteiger partial charge in [0, 0.05) is 0 Å². The highest BCUT2D eigenvalue weighted by Crippen LogP contribution is 2.22. The Bertz CT molecular complexity index is 810. The number of fused-ring (bicyclic) bond motifs is 1. The topological polar surface area (TPSA) is 87.7 Å². The Morgan fingerprint density at radius 3 is 2.83 bits per heavy atom. The largest absolute Gasteiger partial charge is 0.508 e. The van der Waals surface area contributed by atoms with Crippen LogP contribution in [0.4, 0.5) is 0 Å². The molecule has 1 heterocycles. The molecule has 23 heavy (non-hydrogen) atoms. The third-order valence-electron chi connectivity index (χ3n) is 2.90. The maximum absolute atomic E-state index is 11.7. The highest BCUT2D eigenvalue weighted by Gasteiger charge is 2.08. The summed E-state index contributed by atoms with van der Waals surface area (Å²) in [5.74, 6) is 0.0768. The highest BCUT2D eigenvalue weighted by molar-refractivity contribution is 7.99. The number of aromatic nitrogens is 1. The van der Waals surface area contributed by atoms with Crippen molar-refractivity contribution in [2.45, 2.75) is 5.22 Å². The number of hydrogen-bond donors (Lipinski definition) is 2. The molecule has 0 aliphatic heterocycles. The second-order valence-corrected chi connectivity index (χ2v) is 5.55. The van der Waals surface area contributed by atoms with Crippen molar-refractivity contribution in [1.82, 2.24) is 10.4 Å². The lowest BCUT2D eigenvalue weighted by molar-refractivity contribution is -0.118. The molecule has 0 saturated carbocycles. The van der Waals surface area contributed by atoms with E-state index in [0.29, 0.717) is 10.8 Å². The number of oxazole rings is 1. The number of hydrazone groups is 1. The van der Waals surface area contributed by atoms with Gasteiger partial charge in [-0.05, 0) is 42.0 Å². The molecule has 0 bridgehead atoms. The first-order valence-electron chi connectivity index (χ1n) is 6.80.